The number of carbonyl (C=O) groups is 2. The molecule has 0 amide bonds. The molecule has 0 aromatic heterocycles. The lowest BCUT2D eigenvalue weighted by Gasteiger charge is -2.39. The number of esters is 2. The molecule has 1 fully saturated rings. The summed E-state index contributed by atoms with van der Waals surface area (Å²) in [7, 11) is 0. The van der Waals surface area contributed by atoms with E-state index in [4.69, 9.17) is 18.9 Å². The molecule has 1 aliphatic rings. The van der Waals surface area contributed by atoms with E-state index in [9.17, 15) is 30.0 Å². The molecule has 1 aliphatic heterocycles. The van der Waals surface area contributed by atoms with Crippen LogP contribution in [-0.2, 0) is 28.5 Å². The Morgan fingerprint density at radius 1 is 0.564 bits per heavy atom. The largest absolute Gasteiger partial charge is 0.462 e. The molecular formula is C45H76O10. The smallest absolute Gasteiger partial charge is 0.306 e. The molecule has 2 unspecified atom stereocenters. The van der Waals surface area contributed by atoms with E-state index < -0.39 is 55.4 Å². The van der Waals surface area contributed by atoms with Gasteiger partial charge in [0, 0.05) is 12.8 Å². The summed E-state index contributed by atoms with van der Waals surface area (Å²) in [6, 6.07) is 0. The fourth-order valence-electron chi connectivity index (χ4n) is 5.99. The predicted octanol–water partition coefficient (Wildman–Crippen LogP) is 8.66. The summed E-state index contributed by atoms with van der Waals surface area (Å²) in [6.45, 7) is 3.29. The summed E-state index contributed by atoms with van der Waals surface area (Å²) in [4.78, 5) is 25.2. The molecule has 6 atom stereocenters. The van der Waals surface area contributed by atoms with Crippen molar-refractivity contribution in [3.05, 3.63) is 60.8 Å². The zero-order chi connectivity index (χ0) is 40.2. The number of ether oxygens (including phenoxy) is 4. The lowest BCUT2D eigenvalue weighted by atomic mass is 9.99. The first kappa shape index (κ1) is 50.4. The molecule has 0 spiro atoms. The maximum absolute atomic E-state index is 12.7. The number of unbranched alkanes of at least 4 members (excludes halogenated alkanes) is 13. The average Bonchev–Trinajstić information content (AvgIpc) is 3.18. The minimum atomic E-state index is -1.61. The predicted molar refractivity (Wildman–Crippen MR) is 219 cm³/mol. The van der Waals surface area contributed by atoms with E-state index in [0.717, 1.165) is 44.9 Å². The summed E-state index contributed by atoms with van der Waals surface area (Å²) in [5.41, 5.74) is 0. The van der Waals surface area contributed by atoms with E-state index >= 15 is 0 Å². The molecule has 0 bridgehead atoms. The molecule has 1 rings (SSSR count). The molecule has 316 valence electrons. The van der Waals surface area contributed by atoms with Crippen molar-refractivity contribution in [2.24, 2.45) is 0 Å². The van der Waals surface area contributed by atoms with Gasteiger partial charge in [0.25, 0.3) is 0 Å². The van der Waals surface area contributed by atoms with Crippen molar-refractivity contribution >= 4 is 11.9 Å². The zero-order valence-electron chi connectivity index (χ0n) is 34.2. The van der Waals surface area contributed by atoms with Gasteiger partial charge < -0.3 is 39.4 Å². The topological polar surface area (TPSA) is 152 Å². The fraction of sp³-hybridized carbons (Fsp3) is 0.733. The van der Waals surface area contributed by atoms with Crippen molar-refractivity contribution < 1.29 is 49.0 Å². The number of allylic oxidation sites excluding steroid dienone is 10. The summed E-state index contributed by atoms with van der Waals surface area (Å²) < 4.78 is 22.0. The third-order valence-corrected chi connectivity index (χ3v) is 9.42. The maximum Gasteiger partial charge on any atom is 0.306 e. The van der Waals surface area contributed by atoms with Gasteiger partial charge in [-0.1, -0.05) is 152 Å². The molecule has 0 saturated carbocycles. The van der Waals surface area contributed by atoms with Crippen molar-refractivity contribution in [3.8, 4) is 0 Å². The highest BCUT2D eigenvalue weighted by Crippen LogP contribution is 2.22. The first-order valence-corrected chi connectivity index (χ1v) is 21.4. The highest BCUT2D eigenvalue weighted by molar-refractivity contribution is 5.70. The molecule has 10 heteroatoms. The second-order valence-electron chi connectivity index (χ2n) is 14.4. The van der Waals surface area contributed by atoms with Crippen LogP contribution in [0.1, 0.15) is 155 Å². The molecule has 4 N–H and O–H groups in total. The quantitative estimate of drug-likeness (QED) is 0.0284. The van der Waals surface area contributed by atoms with Crippen LogP contribution >= 0.6 is 0 Å². The van der Waals surface area contributed by atoms with Crippen LogP contribution in [-0.4, -0.2) is 89.0 Å². The number of hydrogen-bond acceptors (Lipinski definition) is 10. The van der Waals surface area contributed by atoms with Gasteiger partial charge in [0.2, 0.25) is 0 Å². The van der Waals surface area contributed by atoms with Crippen LogP contribution in [0.3, 0.4) is 0 Å². The number of hydrogen-bond donors (Lipinski definition) is 4. The third-order valence-electron chi connectivity index (χ3n) is 9.42. The van der Waals surface area contributed by atoms with E-state index in [-0.39, 0.29) is 26.1 Å². The van der Waals surface area contributed by atoms with Gasteiger partial charge in [0.1, 0.15) is 31.0 Å². The number of aliphatic hydroxyl groups excluding tert-OH is 4. The van der Waals surface area contributed by atoms with Gasteiger partial charge in [0.05, 0.1) is 13.2 Å². The highest BCUT2D eigenvalue weighted by atomic mass is 16.7. The van der Waals surface area contributed by atoms with Crippen LogP contribution in [0.2, 0.25) is 0 Å². The summed E-state index contributed by atoms with van der Waals surface area (Å²) in [5, 5.41) is 40.0. The van der Waals surface area contributed by atoms with E-state index in [0.29, 0.717) is 12.8 Å². The first-order valence-electron chi connectivity index (χ1n) is 21.4. The Morgan fingerprint density at radius 3 is 1.60 bits per heavy atom. The highest BCUT2D eigenvalue weighted by Gasteiger charge is 2.44. The average molecular weight is 777 g/mol. The van der Waals surface area contributed by atoms with E-state index in [1.165, 1.54) is 70.6 Å². The molecule has 0 aliphatic carbocycles. The van der Waals surface area contributed by atoms with Gasteiger partial charge in [-0.05, 0) is 51.4 Å². The Bertz CT molecular complexity index is 1080. The Labute approximate surface area is 332 Å². The third kappa shape index (κ3) is 27.6. The molecule has 0 radical (unpaired) electrons. The molecular weight excluding hydrogens is 700 g/mol. The van der Waals surface area contributed by atoms with Crippen molar-refractivity contribution in [3.63, 3.8) is 0 Å². The molecule has 1 saturated heterocycles. The maximum atomic E-state index is 12.7. The Kier molecular flexibility index (Phi) is 32.8. The van der Waals surface area contributed by atoms with Crippen LogP contribution in [0.4, 0.5) is 0 Å². The van der Waals surface area contributed by atoms with Crippen molar-refractivity contribution in [1.82, 2.24) is 0 Å². The summed E-state index contributed by atoms with van der Waals surface area (Å²) >= 11 is 0. The minimum Gasteiger partial charge on any atom is -0.462 e. The van der Waals surface area contributed by atoms with Crippen LogP contribution in [0.15, 0.2) is 60.8 Å². The van der Waals surface area contributed by atoms with Crippen LogP contribution < -0.4 is 0 Å². The number of carbonyl (C=O) groups excluding carboxylic acids is 2. The molecule has 0 aromatic carbocycles. The summed E-state index contributed by atoms with van der Waals surface area (Å²) in [6.07, 6.45) is 35.3. The van der Waals surface area contributed by atoms with Crippen molar-refractivity contribution in [1.29, 1.82) is 0 Å². The Balaban J connectivity index is 2.40. The van der Waals surface area contributed by atoms with E-state index in [2.05, 4.69) is 62.5 Å². The SMILES string of the molecule is CCCCC/C=C/C/C=C/C/C=C/C/C=C/C/C=C/CCC(=O)OC[C@@H](CO[C@H]1O[C@@H](CO)[C@@H](O)C(O)C1O)OC(=O)CCCCCCCCCCCCC. The van der Waals surface area contributed by atoms with E-state index in [1.54, 1.807) is 0 Å². The van der Waals surface area contributed by atoms with Gasteiger partial charge >= 0.3 is 11.9 Å². The lowest BCUT2D eigenvalue weighted by molar-refractivity contribution is -0.305. The molecule has 0 aromatic rings. The summed E-state index contributed by atoms with van der Waals surface area (Å²) in [5.74, 6) is -0.907. The van der Waals surface area contributed by atoms with Crippen LogP contribution in [0, 0.1) is 0 Å². The van der Waals surface area contributed by atoms with Crippen LogP contribution in [0.25, 0.3) is 0 Å². The molecule has 1 heterocycles. The van der Waals surface area contributed by atoms with Gasteiger partial charge in [-0.25, -0.2) is 0 Å². The molecule has 10 nitrogen and oxygen atoms in total. The second kappa shape index (κ2) is 35.8. The van der Waals surface area contributed by atoms with E-state index in [1.807, 2.05) is 12.2 Å². The number of aliphatic hydroxyl groups is 4. The first-order chi connectivity index (χ1) is 26.8. The standard InChI is InChI=1S/C45H76O10/c1-3-5-7-9-11-13-15-16-17-18-19-20-21-22-24-25-27-29-31-33-40(47)52-36-38(37-53-45-44(51)43(50)42(49)39(35-46)55-45)54-41(48)34-32-30-28-26-23-14-12-10-8-6-4-2/h11,13,16-17,19-20,22,24,27,29,38-39,42-46,49-51H,3-10,12,14-15,18,21,23,25-26,28,30-37H2,1-2H3/b13-11+,17-16+,20-19+,24-22+,29-27+/t38-,39-,42+,43?,44?,45-/m0/s1. The van der Waals surface area contributed by atoms with Gasteiger partial charge in [-0.3, -0.25) is 9.59 Å². The normalized spacial score (nSPS) is 21.2. The minimum absolute atomic E-state index is 0.151. The molecule has 55 heavy (non-hydrogen) atoms. The van der Waals surface area contributed by atoms with Gasteiger partial charge in [0.15, 0.2) is 12.4 Å². The second-order valence-corrected chi connectivity index (χ2v) is 14.4. The van der Waals surface area contributed by atoms with Gasteiger partial charge in [-0.15, -0.1) is 0 Å². The zero-order valence-corrected chi connectivity index (χ0v) is 34.2. The van der Waals surface area contributed by atoms with Crippen molar-refractivity contribution in [2.45, 2.75) is 192 Å². The number of rotatable bonds is 34. The Hall–Kier alpha value is -2.60. The van der Waals surface area contributed by atoms with Crippen molar-refractivity contribution in [2.75, 3.05) is 19.8 Å². The van der Waals surface area contributed by atoms with Gasteiger partial charge in [-0.2, -0.15) is 0 Å². The Morgan fingerprint density at radius 2 is 1.05 bits per heavy atom. The van der Waals surface area contributed by atoms with Crippen LogP contribution in [0.5, 0.6) is 0 Å². The fourth-order valence-corrected chi connectivity index (χ4v) is 5.99. The monoisotopic (exact) mass is 777 g/mol. The lowest BCUT2D eigenvalue weighted by Crippen LogP contribution is -2.59.